The Balaban J connectivity index is 2.18. The van der Waals surface area contributed by atoms with Crippen LogP contribution in [0, 0.1) is 44.3 Å². The Hall–Kier alpha value is -2.58. The second-order valence-corrected chi connectivity index (χ2v) is 11.9. The van der Waals surface area contributed by atoms with E-state index in [1.54, 1.807) is 0 Å². The lowest BCUT2D eigenvalue weighted by Gasteiger charge is -2.56. The van der Waals surface area contributed by atoms with Crippen molar-refractivity contribution in [2.75, 3.05) is 0 Å². The normalized spacial score (nSPS) is 30.3. The molecule has 4 aliphatic rings. The summed E-state index contributed by atoms with van der Waals surface area (Å²) >= 11 is 0. The molecule has 4 rings (SSSR count). The molecule has 0 aromatic carbocycles. The highest BCUT2D eigenvalue weighted by molar-refractivity contribution is 5.73. The molecule has 1 saturated carbocycles. The van der Waals surface area contributed by atoms with Crippen molar-refractivity contribution >= 4 is 0 Å². The molecule has 0 spiro atoms. The average molecular weight is 411 g/mol. The summed E-state index contributed by atoms with van der Waals surface area (Å²) in [5, 5.41) is 20.6. The van der Waals surface area contributed by atoms with E-state index in [1.807, 2.05) is 0 Å². The van der Waals surface area contributed by atoms with Gasteiger partial charge in [0.15, 0.2) is 0 Å². The van der Waals surface area contributed by atoms with Gasteiger partial charge in [0.2, 0.25) is 0 Å². The van der Waals surface area contributed by atoms with Gasteiger partial charge in [-0.15, -0.1) is 0 Å². The Kier molecular flexibility index (Phi) is 4.51. The first-order chi connectivity index (χ1) is 14.3. The summed E-state index contributed by atoms with van der Waals surface area (Å²) in [6, 6.07) is 4.93. The minimum Gasteiger partial charge on any atom is -0.192 e. The number of nitriles is 2. The summed E-state index contributed by atoms with van der Waals surface area (Å²) in [5.74, 6) is 0. The summed E-state index contributed by atoms with van der Waals surface area (Å²) in [4.78, 5) is 0. The number of hydrogen-bond donors (Lipinski definition) is 0. The molecule has 4 aliphatic carbocycles. The van der Waals surface area contributed by atoms with Gasteiger partial charge in [0.05, 0.1) is 11.1 Å². The lowest BCUT2D eigenvalue weighted by molar-refractivity contribution is 0.237. The van der Waals surface area contributed by atoms with Crippen LogP contribution in [-0.4, -0.2) is 0 Å². The topological polar surface area (TPSA) is 47.6 Å². The van der Waals surface area contributed by atoms with Crippen LogP contribution in [0.2, 0.25) is 0 Å². The van der Waals surface area contributed by atoms with Crippen molar-refractivity contribution in [3.63, 3.8) is 0 Å². The highest BCUT2D eigenvalue weighted by Gasteiger charge is 2.59. The smallest absolute Gasteiger partial charge is 0.101 e. The van der Waals surface area contributed by atoms with Crippen LogP contribution < -0.4 is 0 Å². The van der Waals surface area contributed by atoms with E-state index < -0.39 is 0 Å². The SMILES string of the molecule is CC(C)(C)C1=CC2=C(C#N)C(C#N)=C3C=C(C(C)(C)C)C=C4CCCC(=C1)C2(C)C43C. The maximum absolute atomic E-state index is 10.3. The molecular formula is C29H34N2. The van der Waals surface area contributed by atoms with Crippen LogP contribution in [0.5, 0.6) is 0 Å². The van der Waals surface area contributed by atoms with Gasteiger partial charge in [0, 0.05) is 10.8 Å². The van der Waals surface area contributed by atoms with E-state index in [1.165, 1.54) is 22.3 Å². The summed E-state index contributed by atoms with van der Waals surface area (Å²) in [7, 11) is 0. The fourth-order valence-corrected chi connectivity index (χ4v) is 6.00. The summed E-state index contributed by atoms with van der Waals surface area (Å²) in [6.45, 7) is 18.0. The highest BCUT2D eigenvalue weighted by atomic mass is 14.6. The molecule has 2 heteroatoms. The van der Waals surface area contributed by atoms with Gasteiger partial charge in [-0.05, 0) is 52.4 Å². The Labute approximate surface area is 188 Å². The van der Waals surface area contributed by atoms with E-state index >= 15 is 0 Å². The van der Waals surface area contributed by atoms with Gasteiger partial charge < -0.3 is 0 Å². The number of allylic oxidation sites excluding steroid dienone is 12. The van der Waals surface area contributed by atoms with Crippen LogP contribution in [0.25, 0.3) is 0 Å². The van der Waals surface area contributed by atoms with Crippen molar-refractivity contribution in [1.82, 2.24) is 0 Å². The predicted molar refractivity (Wildman–Crippen MR) is 127 cm³/mol. The molecule has 0 heterocycles. The lowest BCUT2D eigenvalue weighted by Crippen LogP contribution is -2.47. The first kappa shape index (κ1) is 21.6. The second kappa shape index (κ2) is 6.46. The Morgan fingerprint density at radius 3 is 1.32 bits per heavy atom. The molecule has 2 atom stereocenters. The van der Waals surface area contributed by atoms with E-state index in [-0.39, 0.29) is 21.7 Å². The van der Waals surface area contributed by atoms with Crippen molar-refractivity contribution in [2.45, 2.75) is 74.7 Å². The minimum absolute atomic E-state index is 0.0174. The monoisotopic (exact) mass is 410 g/mol. The van der Waals surface area contributed by atoms with Gasteiger partial charge in [-0.1, -0.05) is 90.8 Å². The molecule has 31 heavy (non-hydrogen) atoms. The van der Waals surface area contributed by atoms with Crippen molar-refractivity contribution in [2.24, 2.45) is 21.7 Å². The van der Waals surface area contributed by atoms with Gasteiger partial charge in [0.25, 0.3) is 0 Å². The zero-order chi connectivity index (χ0) is 23.0. The molecule has 160 valence electrons. The summed E-state index contributed by atoms with van der Waals surface area (Å²) in [5.41, 5.74) is 7.88. The van der Waals surface area contributed by atoms with Gasteiger partial charge in [-0.3, -0.25) is 0 Å². The van der Waals surface area contributed by atoms with Gasteiger partial charge in [-0.2, -0.15) is 10.5 Å². The fourth-order valence-electron chi connectivity index (χ4n) is 6.00. The van der Waals surface area contributed by atoms with E-state index in [9.17, 15) is 10.5 Å². The number of rotatable bonds is 0. The largest absolute Gasteiger partial charge is 0.192 e. The first-order valence-corrected chi connectivity index (χ1v) is 11.5. The molecule has 0 bridgehead atoms. The lowest BCUT2D eigenvalue weighted by atomic mass is 9.46. The van der Waals surface area contributed by atoms with Crippen LogP contribution in [0.1, 0.15) is 74.7 Å². The van der Waals surface area contributed by atoms with E-state index in [2.05, 4.69) is 91.8 Å². The first-order valence-electron chi connectivity index (χ1n) is 11.5. The fraction of sp³-hybridized carbons (Fsp3) is 0.517. The summed E-state index contributed by atoms with van der Waals surface area (Å²) in [6.07, 6.45) is 12.4. The molecule has 0 aromatic rings. The van der Waals surface area contributed by atoms with Gasteiger partial charge in [0.1, 0.15) is 12.1 Å². The molecule has 0 saturated heterocycles. The molecule has 0 amide bonds. The Morgan fingerprint density at radius 1 is 0.677 bits per heavy atom. The van der Waals surface area contributed by atoms with Crippen molar-refractivity contribution in [1.29, 1.82) is 10.5 Å². The quantitative estimate of drug-likeness (QED) is 0.411. The Morgan fingerprint density at radius 2 is 1.03 bits per heavy atom. The van der Waals surface area contributed by atoms with Gasteiger partial charge in [-0.25, -0.2) is 0 Å². The summed E-state index contributed by atoms with van der Waals surface area (Å²) < 4.78 is 0. The maximum atomic E-state index is 10.3. The van der Waals surface area contributed by atoms with Crippen molar-refractivity contribution in [3.8, 4) is 12.1 Å². The van der Waals surface area contributed by atoms with Crippen LogP contribution in [0.3, 0.4) is 0 Å². The Bertz CT molecular complexity index is 1060. The van der Waals surface area contributed by atoms with Crippen molar-refractivity contribution < 1.29 is 0 Å². The molecule has 2 unspecified atom stereocenters. The molecule has 0 radical (unpaired) electrons. The van der Waals surface area contributed by atoms with E-state index in [0.717, 1.165) is 30.4 Å². The second-order valence-electron chi connectivity index (χ2n) is 11.9. The number of nitrogens with zero attached hydrogens (tertiary/aromatic N) is 2. The third kappa shape index (κ3) is 2.74. The highest BCUT2D eigenvalue weighted by Crippen LogP contribution is 2.68. The van der Waals surface area contributed by atoms with Crippen molar-refractivity contribution in [3.05, 3.63) is 68.9 Å². The van der Waals surface area contributed by atoms with Crippen LogP contribution in [-0.2, 0) is 0 Å². The molecule has 0 N–H and O–H groups in total. The average Bonchev–Trinajstić information content (AvgIpc) is 2.77. The molecule has 2 nitrogen and oxygen atoms in total. The van der Waals surface area contributed by atoms with Crippen LogP contribution in [0.15, 0.2) is 68.9 Å². The van der Waals surface area contributed by atoms with Crippen LogP contribution in [0.4, 0.5) is 0 Å². The predicted octanol–water partition coefficient (Wildman–Crippen LogP) is 7.66. The standard InChI is InChI=1S/C29H34N2/c1-26(2,3)20-12-18-10-9-11-19-13-21(27(4,5)6)15-25-23(17-31)22(16-30)24(14-20)28(18,7)29(19,25)8/h12-15H,9-11H2,1-8H3. The number of hydrogen-bond acceptors (Lipinski definition) is 2. The van der Waals surface area contributed by atoms with E-state index in [0.29, 0.717) is 11.1 Å². The molecule has 0 aliphatic heterocycles. The zero-order valence-electron chi connectivity index (χ0n) is 20.3. The molecule has 0 aromatic heterocycles. The van der Waals surface area contributed by atoms with Gasteiger partial charge >= 0.3 is 0 Å². The molecular weight excluding hydrogens is 376 g/mol. The third-order valence-corrected chi connectivity index (χ3v) is 8.26. The maximum Gasteiger partial charge on any atom is 0.101 e. The third-order valence-electron chi connectivity index (χ3n) is 8.26. The van der Waals surface area contributed by atoms with Crippen LogP contribution >= 0.6 is 0 Å². The minimum atomic E-state index is -0.315. The zero-order valence-corrected chi connectivity index (χ0v) is 20.3. The molecule has 1 fully saturated rings. The van der Waals surface area contributed by atoms with E-state index in [4.69, 9.17) is 0 Å².